The Hall–Kier alpha value is -1.51. The van der Waals surface area contributed by atoms with Gasteiger partial charge in [-0.05, 0) is 55.5 Å². The Morgan fingerprint density at radius 1 is 1.10 bits per heavy atom. The summed E-state index contributed by atoms with van der Waals surface area (Å²) < 4.78 is 0. The predicted octanol–water partition coefficient (Wildman–Crippen LogP) is 4.87. The van der Waals surface area contributed by atoms with Crippen LogP contribution in [0.5, 0.6) is 0 Å². The van der Waals surface area contributed by atoms with Crippen molar-refractivity contribution in [2.45, 2.75) is 32.3 Å². The molecule has 0 spiro atoms. The van der Waals surface area contributed by atoms with E-state index in [0.717, 1.165) is 30.6 Å². The highest BCUT2D eigenvalue weighted by molar-refractivity contribution is 6.33. The minimum atomic E-state index is -0.493. The topological polar surface area (TPSA) is 23.5 Å². The van der Waals surface area contributed by atoms with Gasteiger partial charge in [0.15, 0.2) is 0 Å². The van der Waals surface area contributed by atoms with Crippen molar-refractivity contribution in [1.82, 2.24) is 0 Å². The minimum absolute atomic E-state index is 0.493. The second-order valence-electron chi connectivity index (χ2n) is 5.62. The third kappa shape index (κ3) is 2.92. The van der Waals surface area contributed by atoms with Gasteiger partial charge in [-0.3, -0.25) is 0 Å². The zero-order valence-electron chi connectivity index (χ0n) is 12.2. The van der Waals surface area contributed by atoms with E-state index in [4.69, 9.17) is 11.6 Å². The van der Waals surface area contributed by atoms with Gasteiger partial charge in [0.2, 0.25) is 0 Å². The van der Waals surface area contributed by atoms with Gasteiger partial charge in [-0.25, -0.2) is 0 Å². The summed E-state index contributed by atoms with van der Waals surface area (Å²) in [6.07, 6.45) is 2.99. The fraction of sp³-hybridized carbons (Fsp3) is 0.333. The van der Waals surface area contributed by atoms with Crippen LogP contribution in [0.1, 0.15) is 37.0 Å². The molecule has 0 saturated carbocycles. The first-order valence-electron chi connectivity index (χ1n) is 7.50. The standard InChI is InChI=1S/C18H20ClNO/c1-13(21)15-9-10-18(16(19)12-15)20-11-5-4-7-14-6-2-3-8-17(14)20/h2-3,6,8-10,12-13,21H,4-5,7,11H2,1H3. The van der Waals surface area contributed by atoms with Crippen LogP contribution in [0, 0.1) is 0 Å². The predicted molar refractivity (Wildman–Crippen MR) is 88.5 cm³/mol. The van der Waals surface area contributed by atoms with Gasteiger partial charge >= 0.3 is 0 Å². The zero-order valence-corrected chi connectivity index (χ0v) is 13.0. The van der Waals surface area contributed by atoms with E-state index < -0.39 is 6.10 Å². The molecule has 21 heavy (non-hydrogen) atoms. The molecule has 0 fully saturated rings. The Morgan fingerprint density at radius 3 is 2.67 bits per heavy atom. The average molecular weight is 302 g/mol. The lowest BCUT2D eigenvalue weighted by Gasteiger charge is -2.26. The molecule has 0 saturated heterocycles. The summed E-state index contributed by atoms with van der Waals surface area (Å²) in [5.74, 6) is 0. The molecule has 110 valence electrons. The van der Waals surface area contributed by atoms with Crippen molar-refractivity contribution in [2.75, 3.05) is 11.4 Å². The molecule has 1 unspecified atom stereocenters. The van der Waals surface area contributed by atoms with Crippen molar-refractivity contribution in [3.8, 4) is 0 Å². The summed E-state index contributed by atoms with van der Waals surface area (Å²) >= 11 is 6.47. The van der Waals surface area contributed by atoms with Crippen LogP contribution < -0.4 is 4.90 Å². The van der Waals surface area contributed by atoms with Gasteiger partial charge in [0.25, 0.3) is 0 Å². The molecule has 0 bridgehead atoms. The molecule has 1 atom stereocenters. The van der Waals surface area contributed by atoms with Crippen LogP contribution >= 0.6 is 11.6 Å². The Bertz CT molecular complexity index is 639. The molecular formula is C18H20ClNO. The Labute approximate surface area is 131 Å². The number of aryl methyl sites for hydroxylation is 1. The van der Waals surface area contributed by atoms with E-state index in [9.17, 15) is 5.11 Å². The molecule has 0 aliphatic carbocycles. The van der Waals surface area contributed by atoms with E-state index in [-0.39, 0.29) is 0 Å². The van der Waals surface area contributed by atoms with Gasteiger partial charge in [0.05, 0.1) is 16.8 Å². The van der Waals surface area contributed by atoms with Crippen molar-refractivity contribution in [3.63, 3.8) is 0 Å². The summed E-state index contributed by atoms with van der Waals surface area (Å²) in [6, 6.07) is 14.4. The quantitative estimate of drug-likeness (QED) is 0.855. The summed E-state index contributed by atoms with van der Waals surface area (Å²) in [5.41, 5.74) is 4.51. The highest BCUT2D eigenvalue weighted by atomic mass is 35.5. The molecule has 0 radical (unpaired) electrons. The van der Waals surface area contributed by atoms with Crippen molar-refractivity contribution in [3.05, 3.63) is 58.6 Å². The molecule has 2 nitrogen and oxygen atoms in total. The number of para-hydroxylation sites is 1. The number of rotatable bonds is 2. The average Bonchev–Trinajstić information content (AvgIpc) is 2.69. The lowest BCUT2D eigenvalue weighted by Crippen LogP contribution is -2.18. The van der Waals surface area contributed by atoms with E-state index in [2.05, 4.69) is 29.2 Å². The highest BCUT2D eigenvalue weighted by Gasteiger charge is 2.18. The second-order valence-corrected chi connectivity index (χ2v) is 6.03. The molecule has 1 N–H and O–H groups in total. The van der Waals surface area contributed by atoms with Crippen LogP contribution in [0.4, 0.5) is 11.4 Å². The van der Waals surface area contributed by atoms with Gasteiger partial charge in [0.1, 0.15) is 0 Å². The maximum atomic E-state index is 9.68. The number of hydrogen-bond acceptors (Lipinski definition) is 2. The largest absolute Gasteiger partial charge is 0.389 e. The number of aliphatic hydroxyl groups is 1. The van der Waals surface area contributed by atoms with Gasteiger partial charge in [-0.1, -0.05) is 35.9 Å². The van der Waals surface area contributed by atoms with E-state index in [1.165, 1.54) is 17.7 Å². The van der Waals surface area contributed by atoms with E-state index >= 15 is 0 Å². The number of benzene rings is 2. The van der Waals surface area contributed by atoms with Crippen LogP contribution in [0.15, 0.2) is 42.5 Å². The van der Waals surface area contributed by atoms with E-state index in [1.807, 2.05) is 18.2 Å². The number of anilines is 2. The summed E-state index contributed by atoms with van der Waals surface area (Å²) in [4.78, 5) is 2.30. The monoisotopic (exact) mass is 301 g/mol. The maximum absolute atomic E-state index is 9.68. The zero-order chi connectivity index (χ0) is 14.8. The van der Waals surface area contributed by atoms with Crippen LogP contribution in [0.25, 0.3) is 0 Å². The van der Waals surface area contributed by atoms with Crippen LogP contribution in [0.3, 0.4) is 0 Å². The number of nitrogens with zero attached hydrogens (tertiary/aromatic N) is 1. The minimum Gasteiger partial charge on any atom is -0.389 e. The molecule has 0 aromatic heterocycles. The smallest absolute Gasteiger partial charge is 0.0762 e. The van der Waals surface area contributed by atoms with Crippen molar-refractivity contribution in [1.29, 1.82) is 0 Å². The first-order valence-corrected chi connectivity index (χ1v) is 7.87. The molecule has 1 aliphatic rings. The fourth-order valence-corrected chi connectivity index (χ4v) is 3.23. The molecule has 3 rings (SSSR count). The molecule has 1 heterocycles. The lowest BCUT2D eigenvalue weighted by molar-refractivity contribution is 0.199. The first-order chi connectivity index (χ1) is 10.2. The number of aliphatic hydroxyl groups excluding tert-OH is 1. The fourth-order valence-electron chi connectivity index (χ4n) is 2.94. The van der Waals surface area contributed by atoms with Crippen molar-refractivity contribution in [2.24, 2.45) is 0 Å². The van der Waals surface area contributed by atoms with Gasteiger partial charge in [-0.15, -0.1) is 0 Å². The van der Waals surface area contributed by atoms with E-state index in [0.29, 0.717) is 5.02 Å². The number of halogens is 1. The number of hydrogen-bond donors (Lipinski definition) is 1. The second kappa shape index (κ2) is 6.08. The van der Waals surface area contributed by atoms with Crippen LogP contribution in [-0.2, 0) is 6.42 Å². The van der Waals surface area contributed by atoms with Gasteiger partial charge in [-0.2, -0.15) is 0 Å². The van der Waals surface area contributed by atoms with Gasteiger partial charge < -0.3 is 10.0 Å². The molecule has 1 aliphatic heterocycles. The molecule has 2 aromatic carbocycles. The third-order valence-electron chi connectivity index (χ3n) is 4.11. The first kappa shape index (κ1) is 14.4. The molecule has 2 aromatic rings. The van der Waals surface area contributed by atoms with Crippen molar-refractivity contribution < 1.29 is 5.11 Å². The maximum Gasteiger partial charge on any atom is 0.0762 e. The van der Waals surface area contributed by atoms with Crippen LogP contribution in [0.2, 0.25) is 5.02 Å². The Balaban J connectivity index is 2.04. The lowest BCUT2D eigenvalue weighted by atomic mass is 10.1. The third-order valence-corrected chi connectivity index (χ3v) is 4.41. The van der Waals surface area contributed by atoms with E-state index in [1.54, 1.807) is 6.92 Å². The number of fused-ring (bicyclic) bond motifs is 1. The SMILES string of the molecule is CC(O)c1ccc(N2CCCCc3ccccc32)c(Cl)c1. The Kier molecular flexibility index (Phi) is 4.18. The summed E-state index contributed by atoms with van der Waals surface area (Å²) in [7, 11) is 0. The Morgan fingerprint density at radius 2 is 1.90 bits per heavy atom. The molecule has 0 amide bonds. The van der Waals surface area contributed by atoms with Crippen molar-refractivity contribution >= 4 is 23.0 Å². The summed E-state index contributed by atoms with van der Waals surface area (Å²) in [5, 5.41) is 10.4. The normalized spacial score (nSPS) is 16.2. The van der Waals surface area contributed by atoms with Gasteiger partial charge in [0, 0.05) is 12.2 Å². The molecule has 3 heteroatoms. The van der Waals surface area contributed by atoms with Crippen LogP contribution in [-0.4, -0.2) is 11.7 Å². The molecular weight excluding hydrogens is 282 g/mol. The highest BCUT2D eigenvalue weighted by Crippen LogP contribution is 2.37. The summed E-state index contributed by atoms with van der Waals surface area (Å²) in [6.45, 7) is 2.73.